The van der Waals surface area contributed by atoms with Crippen LogP contribution in [0, 0.1) is 6.92 Å². The van der Waals surface area contributed by atoms with Crippen LogP contribution in [-0.2, 0) is 0 Å². The van der Waals surface area contributed by atoms with Gasteiger partial charge in [0.1, 0.15) is 0 Å². The average molecular weight is 180 g/mol. The lowest BCUT2D eigenvalue weighted by Gasteiger charge is -2.07. The minimum absolute atomic E-state index is 0.137. The molecule has 4 heteroatoms. The van der Waals surface area contributed by atoms with Crippen LogP contribution in [0.25, 0.3) is 0 Å². The van der Waals surface area contributed by atoms with Gasteiger partial charge in [-0.15, -0.1) is 0 Å². The van der Waals surface area contributed by atoms with E-state index in [1.54, 1.807) is 13.1 Å². The Balaban J connectivity index is 3.13. The Hall–Kier alpha value is -1.45. The number of carboxylic acids is 1. The molecule has 0 aliphatic carbocycles. The molecule has 0 amide bonds. The van der Waals surface area contributed by atoms with Crippen LogP contribution in [0.2, 0.25) is 0 Å². The monoisotopic (exact) mass is 180 g/mol. The van der Waals surface area contributed by atoms with Crippen LogP contribution < -0.4 is 0 Å². The van der Waals surface area contributed by atoms with E-state index in [0.717, 1.165) is 11.3 Å². The zero-order valence-electron chi connectivity index (χ0n) is 7.90. The van der Waals surface area contributed by atoms with Crippen LogP contribution in [0.15, 0.2) is 6.20 Å². The normalized spacial score (nSPS) is 10.5. The summed E-state index contributed by atoms with van der Waals surface area (Å²) in [6, 6.07) is 0. The largest absolute Gasteiger partial charge is 0.475 e. The fourth-order valence-corrected chi connectivity index (χ4v) is 1.15. The van der Waals surface area contributed by atoms with Gasteiger partial charge in [-0.3, -0.25) is 0 Å². The van der Waals surface area contributed by atoms with Gasteiger partial charge in [-0.25, -0.2) is 14.8 Å². The molecular weight excluding hydrogens is 168 g/mol. The summed E-state index contributed by atoms with van der Waals surface area (Å²) in [5.74, 6) is -0.900. The van der Waals surface area contributed by atoms with E-state index in [2.05, 4.69) is 9.97 Å². The molecule has 13 heavy (non-hydrogen) atoms. The maximum absolute atomic E-state index is 10.5. The number of hydrogen-bond acceptors (Lipinski definition) is 3. The lowest BCUT2D eigenvalue weighted by atomic mass is 10.0. The van der Waals surface area contributed by atoms with E-state index in [0.29, 0.717) is 5.92 Å². The molecule has 1 N–H and O–H groups in total. The maximum Gasteiger partial charge on any atom is 0.373 e. The zero-order chi connectivity index (χ0) is 10.0. The molecule has 0 unspecified atom stereocenters. The molecular formula is C9H12N2O2. The van der Waals surface area contributed by atoms with E-state index in [1.165, 1.54) is 0 Å². The molecule has 1 heterocycles. The third kappa shape index (κ3) is 2.02. The summed E-state index contributed by atoms with van der Waals surface area (Å²) in [7, 11) is 0. The van der Waals surface area contributed by atoms with Gasteiger partial charge in [0.25, 0.3) is 0 Å². The molecule has 1 rings (SSSR count). The first kappa shape index (κ1) is 9.64. The van der Waals surface area contributed by atoms with E-state index in [9.17, 15) is 4.79 Å². The van der Waals surface area contributed by atoms with Gasteiger partial charge in [-0.05, 0) is 18.4 Å². The van der Waals surface area contributed by atoms with Crippen molar-refractivity contribution in [1.29, 1.82) is 0 Å². The molecule has 0 radical (unpaired) electrons. The molecule has 0 atom stereocenters. The summed E-state index contributed by atoms with van der Waals surface area (Å²) in [6.45, 7) is 5.84. The number of nitrogens with zero attached hydrogens (tertiary/aromatic N) is 2. The van der Waals surface area contributed by atoms with Crippen LogP contribution in [0.4, 0.5) is 0 Å². The minimum Gasteiger partial charge on any atom is -0.475 e. The quantitative estimate of drug-likeness (QED) is 0.750. The molecule has 1 aromatic rings. The smallest absolute Gasteiger partial charge is 0.373 e. The average Bonchev–Trinajstić information content (AvgIpc) is 2.03. The fraction of sp³-hybridized carbons (Fsp3) is 0.444. The van der Waals surface area contributed by atoms with Gasteiger partial charge < -0.3 is 5.11 Å². The molecule has 1 aromatic heterocycles. The van der Waals surface area contributed by atoms with Crippen molar-refractivity contribution in [3.8, 4) is 0 Å². The van der Waals surface area contributed by atoms with Gasteiger partial charge in [-0.1, -0.05) is 13.8 Å². The first-order valence-corrected chi connectivity index (χ1v) is 4.09. The Labute approximate surface area is 76.7 Å². The molecule has 0 fully saturated rings. The van der Waals surface area contributed by atoms with Crippen molar-refractivity contribution in [3.05, 3.63) is 23.3 Å². The van der Waals surface area contributed by atoms with Gasteiger partial charge in [0.05, 0.1) is 0 Å². The first-order chi connectivity index (χ1) is 6.02. The van der Waals surface area contributed by atoms with Crippen molar-refractivity contribution < 1.29 is 9.90 Å². The molecule has 0 saturated heterocycles. The number of carboxylic acid groups (broad SMARTS) is 1. The number of aryl methyl sites for hydroxylation is 1. The van der Waals surface area contributed by atoms with Gasteiger partial charge >= 0.3 is 5.97 Å². The molecule has 0 aliphatic rings. The third-order valence-electron chi connectivity index (χ3n) is 1.83. The SMILES string of the molecule is Cc1nc(C(=O)O)ncc1C(C)C. The Morgan fingerprint density at radius 2 is 2.15 bits per heavy atom. The van der Waals surface area contributed by atoms with Crippen molar-refractivity contribution >= 4 is 5.97 Å². The van der Waals surface area contributed by atoms with Gasteiger partial charge in [0, 0.05) is 11.9 Å². The molecule has 0 aromatic carbocycles. The summed E-state index contributed by atoms with van der Waals surface area (Å²) in [5, 5.41) is 8.61. The standard InChI is InChI=1S/C9H12N2O2/c1-5(2)7-4-10-8(9(12)13)11-6(7)3/h4-5H,1-3H3,(H,12,13). The topological polar surface area (TPSA) is 63.1 Å². The zero-order valence-corrected chi connectivity index (χ0v) is 7.90. The van der Waals surface area contributed by atoms with Crippen LogP contribution in [0.1, 0.15) is 41.6 Å². The lowest BCUT2D eigenvalue weighted by molar-refractivity contribution is 0.0683. The number of hydrogen-bond donors (Lipinski definition) is 1. The Kier molecular flexibility index (Phi) is 2.60. The molecule has 0 aliphatic heterocycles. The highest BCUT2D eigenvalue weighted by Crippen LogP contribution is 2.15. The summed E-state index contributed by atoms with van der Waals surface area (Å²) < 4.78 is 0. The van der Waals surface area contributed by atoms with E-state index >= 15 is 0 Å². The summed E-state index contributed by atoms with van der Waals surface area (Å²) in [6.07, 6.45) is 1.58. The maximum atomic E-state index is 10.5. The van der Waals surface area contributed by atoms with Crippen molar-refractivity contribution in [2.75, 3.05) is 0 Å². The van der Waals surface area contributed by atoms with Crippen LogP contribution in [-0.4, -0.2) is 21.0 Å². The van der Waals surface area contributed by atoms with Gasteiger partial charge in [0.2, 0.25) is 5.82 Å². The highest BCUT2D eigenvalue weighted by Gasteiger charge is 2.10. The van der Waals surface area contributed by atoms with Crippen molar-refractivity contribution in [1.82, 2.24) is 9.97 Å². The molecule has 0 bridgehead atoms. The highest BCUT2D eigenvalue weighted by molar-refractivity contribution is 5.83. The summed E-state index contributed by atoms with van der Waals surface area (Å²) in [5.41, 5.74) is 1.73. The molecule has 70 valence electrons. The Morgan fingerprint density at radius 1 is 1.54 bits per heavy atom. The second-order valence-corrected chi connectivity index (χ2v) is 3.19. The Morgan fingerprint density at radius 3 is 2.54 bits per heavy atom. The van der Waals surface area contributed by atoms with E-state index in [4.69, 9.17) is 5.11 Å². The third-order valence-corrected chi connectivity index (χ3v) is 1.83. The molecule has 4 nitrogen and oxygen atoms in total. The van der Waals surface area contributed by atoms with Crippen molar-refractivity contribution in [3.63, 3.8) is 0 Å². The fourth-order valence-electron chi connectivity index (χ4n) is 1.15. The van der Waals surface area contributed by atoms with Crippen molar-refractivity contribution in [2.45, 2.75) is 26.7 Å². The number of rotatable bonds is 2. The van der Waals surface area contributed by atoms with E-state index in [1.807, 2.05) is 13.8 Å². The van der Waals surface area contributed by atoms with Crippen LogP contribution >= 0.6 is 0 Å². The molecule has 0 spiro atoms. The first-order valence-electron chi connectivity index (χ1n) is 4.09. The van der Waals surface area contributed by atoms with Crippen LogP contribution in [0.3, 0.4) is 0 Å². The minimum atomic E-state index is -1.08. The lowest BCUT2D eigenvalue weighted by Crippen LogP contribution is -2.07. The number of carbonyl (C=O) groups is 1. The highest BCUT2D eigenvalue weighted by atomic mass is 16.4. The molecule has 0 saturated carbocycles. The predicted octanol–water partition coefficient (Wildman–Crippen LogP) is 1.61. The van der Waals surface area contributed by atoms with Crippen molar-refractivity contribution in [2.24, 2.45) is 0 Å². The number of aromatic nitrogens is 2. The van der Waals surface area contributed by atoms with Gasteiger partial charge in [-0.2, -0.15) is 0 Å². The summed E-state index contributed by atoms with van der Waals surface area (Å²) >= 11 is 0. The Bertz CT molecular complexity index is 334. The second kappa shape index (κ2) is 3.51. The van der Waals surface area contributed by atoms with E-state index < -0.39 is 5.97 Å². The van der Waals surface area contributed by atoms with Gasteiger partial charge in [0.15, 0.2) is 0 Å². The number of aromatic carboxylic acids is 1. The van der Waals surface area contributed by atoms with Crippen LogP contribution in [0.5, 0.6) is 0 Å². The summed E-state index contributed by atoms with van der Waals surface area (Å²) in [4.78, 5) is 18.1. The van der Waals surface area contributed by atoms with E-state index in [-0.39, 0.29) is 5.82 Å². The predicted molar refractivity (Wildman–Crippen MR) is 47.8 cm³/mol. The second-order valence-electron chi connectivity index (χ2n) is 3.19.